The van der Waals surface area contributed by atoms with Crippen LogP contribution < -0.4 is 0 Å². The van der Waals surface area contributed by atoms with Crippen molar-refractivity contribution < 1.29 is 0 Å². The molecular weight excluding hydrogens is 210 g/mol. The summed E-state index contributed by atoms with van der Waals surface area (Å²) in [4.78, 5) is 8.75. The first-order valence-electron chi connectivity index (χ1n) is 5.01. The normalized spacial score (nSPS) is 15.5. The Morgan fingerprint density at radius 2 is 1.93 bits per heavy atom. The monoisotopic (exact) mass is 219 g/mol. The molecule has 3 rings (SSSR count). The molecule has 0 N–H and O–H groups in total. The molecule has 2 aromatic heterocycles. The summed E-state index contributed by atoms with van der Waals surface area (Å²) in [7, 11) is 0. The Labute approximate surface area is 92.7 Å². The van der Waals surface area contributed by atoms with E-state index in [1.54, 1.807) is 6.07 Å². The van der Waals surface area contributed by atoms with Crippen molar-refractivity contribution in [1.82, 2.24) is 14.5 Å². The van der Waals surface area contributed by atoms with Crippen LogP contribution in [0.5, 0.6) is 0 Å². The Morgan fingerprint density at radius 3 is 2.60 bits per heavy atom. The van der Waals surface area contributed by atoms with E-state index in [9.17, 15) is 0 Å². The first-order valence-corrected chi connectivity index (χ1v) is 5.38. The molecule has 0 bridgehead atoms. The fourth-order valence-corrected chi connectivity index (χ4v) is 1.75. The van der Waals surface area contributed by atoms with Crippen LogP contribution in [0.3, 0.4) is 0 Å². The molecule has 1 aliphatic carbocycles. The smallest absolute Gasteiger partial charge is 0.141 e. The lowest BCUT2D eigenvalue weighted by molar-refractivity contribution is 0.882. The van der Waals surface area contributed by atoms with Gasteiger partial charge >= 0.3 is 0 Å². The molecule has 0 aromatic carbocycles. The summed E-state index contributed by atoms with van der Waals surface area (Å²) >= 11 is 5.97. The fourth-order valence-electron chi connectivity index (χ4n) is 1.57. The number of hydrogen-bond donors (Lipinski definition) is 0. The molecule has 76 valence electrons. The van der Waals surface area contributed by atoms with Gasteiger partial charge < -0.3 is 4.57 Å². The van der Waals surface area contributed by atoms with Gasteiger partial charge in [0.1, 0.15) is 16.8 Å². The van der Waals surface area contributed by atoms with Gasteiger partial charge in [-0.2, -0.15) is 0 Å². The van der Waals surface area contributed by atoms with Crippen molar-refractivity contribution in [1.29, 1.82) is 0 Å². The number of nitrogens with zero attached hydrogens (tertiary/aromatic N) is 3. The minimum absolute atomic E-state index is 0.524. The Hall–Kier alpha value is -1.35. The molecule has 0 saturated heterocycles. The molecule has 0 unspecified atom stereocenters. The number of hydrogen-bond acceptors (Lipinski definition) is 2. The lowest BCUT2D eigenvalue weighted by atomic mass is 10.4. The van der Waals surface area contributed by atoms with Crippen molar-refractivity contribution in [2.45, 2.75) is 18.8 Å². The summed E-state index contributed by atoms with van der Waals surface area (Å²) in [5.41, 5.74) is 0. The van der Waals surface area contributed by atoms with Gasteiger partial charge in [-0.15, -0.1) is 0 Å². The summed E-state index contributed by atoms with van der Waals surface area (Å²) in [6, 6.07) is 5.72. The minimum Gasteiger partial charge on any atom is -0.309 e. The van der Waals surface area contributed by atoms with Gasteiger partial charge in [0.2, 0.25) is 0 Å². The zero-order valence-corrected chi connectivity index (χ0v) is 8.85. The quantitative estimate of drug-likeness (QED) is 0.728. The summed E-state index contributed by atoms with van der Waals surface area (Å²) in [5.74, 6) is 2.26. The summed E-state index contributed by atoms with van der Waals surface area (Å²) < 4.78 is 1.94. The van der Waals surface area contributed by atoms with E-state index in [1.807, 2.05) is 29.1 Å². The van der Waals surface area contributed by atoms with Gasteiger partial charge in [0.05, 0.1) is 0 Å². The molecule has 0 spiro atoms. The zero-order valence-electron chi connectivity index (χ0n) is 8.10. The van der Waals surface area contributed by atoms with Gasteiger partial charge in [-0.05, 0) is 25.0 Å². The molecule has 2 aromatic rings. The van der Waals surface area contributed by atoms with E-state index in [2.05, 4.69) is 9.97 Å². The van der Waals surface area contributed by atoms with Gasteiger partial charge in [0, 0.05) is 24.4 Å². The van der Waals surface area contributed by atoms with E-state index in [0.29, 0.717) is 11.1 Å². The average molecular weight is 220 g/mol. The molecule has 0 amide bonds. The lowest BCUT2D eigenvalue weighted by Gasteiger charge is -2.04. The van der Waals surface area contributed by atoms with Gasteiger partial charge in [-0.3, -0.25) is 0 Å². The van der Waals surface area contributed by atoms with E-state index in [-0.39, 0.29) is 0 Å². The molecular formula is C11H10ClN3. The van der Waals surface area contributed by atoms with Crippen LogP contribution in [0.25, 0.3) is 5.82 Å². The van der Waals surface area contributed by atoms with Crippen molar-refractivity contribution >= 4 is 11.6 Å². The topological polar surface area (TPSA) is 30.7 Å². The Kier molecular flexibility index (Phi) is 1.99. The first-order chi connectivity index (χ1) is 7.33. The summed E-state index contributed by atoms with van der Waals surface area (Å²) in [6.45, 7) is 0. The van der Waals surface area contributed by atoms with Crippen molar-refractivity contribution in [3.8, 4) is 5.82 Å². The van der Waals surface area contributed by atoms with Crippen LogP contribution in [0.15, 0.2) is 30.6 Å². The van der Waals surface area contributed by atoms with E-state index in [1.165, 1.54) is 12.8 Å². The van der Waals surface area contributed by atoms with Crippen LogP contribution in [0.2, 0.25) is 5.15 Å². The molecule has 0 radical (unpaired) electrons. The van der Waals surface area contributed by atoms with Crippen LogP contribution in [-0.2, 0) is 0 Å². The second-order valence-corrected chi connectivity index (χ2v) is 4.16. The molecule has 0 aliphatic heterocycles. The van der Waals surface area contributed by atoms with Crippen LogP contribution in [0.4, 0.5) is 0 Å². The third-order valence-corrected chi connectivity index (χ3v) is 2.70. The van der Waals surface area contributed by atoms with Gasteiger partial charge in [-0.25, -0.2) is 9.97 Å². The maximum absolute atomic E-state index is 5.97. The highest BCUT2D eigenvalue weighted by atomic mass is 35.5. The molecule has 1 aliphatic rings. The second kappa shape index (κ2) is 3.35. The zero-order chi connectivity index (χ0) is 10.3. The fraction of sp³-hybridized carbons (Fsp3) is 0.273. The Bertz CT molecular complexity index is 475. The van der Waals surface area contributed by atoms with Crippen LogP contribution >= 0.6 is 11.6 Å². The molecule has 2 heterocycles. The Morgan fingerprint density at radius 1 is 1.20 bits per heavy atom. The highest BCUT2D eigenvalue weighted by molar-refractivity contribution is 6.29. The molecule has 4 heteroatoms. The van der Waals surface area contributed by atoms with Crippen LogP contribution in [-0.4, -0.2) is 14.5 Å². The molecule has 15 heavy (non-hydrogen) atoms. The van der Waals surface area contributed by atoms with Gasteiger partial charge in [0.25, 0.3) is 0 Å². The summed E-state index contributed by atoms with van der Waals surface area (Å²) in [6.07, 6.45) is 6.28. The SMILES string of the molecule is Clc1cc(-n2cccc2)nc(C2CC2)n1. The van der Waals surface area contributed by atoms with Crippen molar-refractivity contribution in [2.75, 3.05) is 0 Å². The molecule has 1 saturated carbocycles. The van der Waals surface area contributed by atoms with Crippen molar-refractivity contribution in [2.24, 2.45) is 0 Å². The molecule has 0 atom stereocenters. The number of rotatable bonds is 2. The Balaban J connectivity index is 2.07. The van der Waals surface area contributed by atoms with Crippen molar-refractivity contribution in [3.05, 3.63) is 41.6 Å². The first kappa shape index (κ1) is 8.92. The third kappa shape index (κ3) is 1.75. The van der Waals surface area contributed by atoms with E-state index in [4.69, 9.17) is 11.6 Å². The highest BCUT2D eigenvalue weighted by Gasteiger charge is 2.27. The van der Waals surface area contributed by atoms with Crippen molar-refractivity contribution in [3.63, 3.8) is 0 Å². The maximum Gasteiger partial charge on any atom is 0.141 e. The number of aromatic nitrogens is 3. The van der Waals surface area contributed by atoms with E-state index < -0.39 is 0 Å². The minimum atomic E-state index is 0.524. The van der Waals surface area contributed by atoms with Crippen LogP contribution in [0, 0.1) is 0 Å². The third-order valence-electron chi connectivity index (χ3n) is 2.51. The second-order valence-electron chi connectivity index (χ2n) is 3.77. The van der Waals surface area contributed by atoms with Gasteiger partial charge in [-0.1, -0.05) is 11.6 Å². The summed E-state index contributed by atoms with van der Waals surface area (Å²) in [5, 5.41) is 0.524. The maximum atomic E-state index is 5.97. The molecule has 1 fully saturated rings. The van der Waals surface area contributed by atoms with E-state index in [0.717, 1.165) is 11.6 Å². The average Bonchev–Trinajstić information content (AvgIpc) is 2.93. The largest absolute Gasteiger partial charge is 0.309 e. The lowest BCUT2D eigenvalue weighted by Crippen LogP contribution is -2.00. The van der Waals surface area contributed by atoms with Gasteiger partial charge in [0.15, 0.2) is 0 Å². The number of halogens is 1. The van der Waals surface area contributed by atoms with Crippen LogP contribution in [0.1, 0.15) is 24.6 Å². The molecule has 3 nitrogen and oxygen atoms in total. The predicted molar refractivity (Wildman–Crippen MR) is 58.3 cm³/mol. The van der Waals surface area contributed by atoms with E-state index >= 15 is 0 Å². The predicted octanol–water partition coefficient (Wildman–Crippen LogP) is 2.80. The highest BCUT2D eigenvalue weighted by Crippen LogP contribution is 2.38. The standard InChI is InChI=1S/C11H10ClN3/c12-9-7-10(15-5-1-2-6-15)14-11(13-9)8-3-4-8/h1-2,5-8H,3-4H2.